The molecule has 0 radical (unpaired) electrons. The standard InChI is InChI=1S/C27H33F2N3O/c1-5-31(6-2)16-10-11-19(3)30-27(33)23-18-26(21-12-8-7-9-13-21)32(20(23)4)25-15-14-22(28)17-24(25)29/h7-9,12-15,17-19H,5-6,10-11,16H2,1-4H3,(H,30,33)/t19-/m1/s1. The molecule has 3 aromatic rings. The Morgan fingerprint density at radius 3 is 2.39 bits per heavy atom. The van der Waals surface area contributed by atoms with Gasteiger partial charge in [-0.3, -0.25) is 4.79 Å². The van der Waals surface area contributed by atoms with E-state index in [0.717, 1.165) is 44.1 Å². The van der Waals surface area contributed by atoms with Crippen LogP contribution in [0.4, 0.5) is 8.78 Å². The molecule has 0 saturated carbocycles. The first-order valence-electron chi connectivity index (χ1n) is 11.6. The highest BCUT2D eigenvalue weighted by atomic mass is 19.1. The summed E-state index contributed by atoms with van der Waals surface area (Å²) in [6, 6.07) is 14.8. The molecule has 176 valence electrons. The quantitative estimate of drug-likeness (QED) is 0.411. The first-order chi connectivity index (χ1) is 15.8. The Balaban J connectivity index is 1.88. The molecular weight excluding hydrogens is 420 g/mol. The van der Waals surface area contributed by atoms with Crippen molar-refractivity contribution >= 4 is 5.91 Å². The molecule has 0 spiro atoms. The van der Waals surface area contributed by atoms with E-state index in [-0.39, 0.29) is 17.6 Å². The number of nitrogens with zero attached hydrogens (tertiary/aromatic N) is 2. The molecule has 1 amide bonds. The second-order valence-electron chi connectivity index (χ2n) is 8.37. The Bertz CT molecular complexity index is 1070. The summed E-state index contributed by atoms with van der Waals surface area (Å²) in [4.78, 5) is 15.5. The van der Waals surface area contributed by atoms with Gasteiger partial charge in [-0.2, -0.15) is 0 Å². The molecule has 0 fully saturated rings. The molecule has 6 heteroatoms. The van der Waals surface area contributed by atoms with Crippen LogP contribution in [0.2, 0.25) is 0 Å². The lowest BCUT2D eigenvalue weighted by Crippen LogP contribution is -2.34. The molecule has 2 aromatic carbocycles. The zero-order valence-electron chi connectivity index (χ0n) is 19.9. The van der Waals surface area contributed by atoms with Crippen molar-refractivity contribution in [2.45, 2.75) is 46.6 Å². The summed E-state index contributed by atoms with van der Waals surface area (Å²) in [6.07, 6.45) is 1.87. The normalized spacial score (nSPS) is 12.2. The van der Waals surface area contributed by atoms with Crippen LogP contribution in [0.1, 0.15) is 49.7 Å². The Hall–Kier alpha value is -2.99. The maximum Gasteiger partial charge on any atom is 0.253 e. The highest BCUT2D eigenvalue weighted by Gasteiger charge is 2.22. The molecule has 1 heterocycles. The predicted octanol–water partition coefficient (Wildman–Crippen LogP) is 5.97. The van der Waals surface area contributed by atoms with E-state index in [2.05, 4.69) is 24.1 Å². The molecule has 4 nitrogen and oxygen atoms in total. The number of nitrogens with one attached hydrogen (secondary N) is 1. The maximum absolute atomic E-state index is 14.7. The summed E-state index contributed by atoms with van der Waals surface area (Å²) >= 11 is 0. The molecule has 1 N–H and O–H groups in total. The smallest absolute Gasteiger partial charge is 0.253 e. The van der Waals surface area contributed by atoms with Crippen molar-refractivity contribution in [1.82, 2.24) is 14.8 Å². The van der Waals surface area contributed by atoms with Crippen molar-refractivity contribution in [3.8, 4) is 16.9 Å². The van der Waals surface area contributed by atoms with Crippen molar-refractivity contribution in [2.24, 2.45) is 0 Å². The van der Waals surface area contributed by atoms with Gasteiger partial charge in [0.05, 0.1) is 16.9 Å². The number of rotatable bonds is 10. The van der Waals surface area contributed by atoms with Crippen LogP contribution < -0.4 is 5.32 Å². The van der Waals surface area contributed by atoms with Crippen LogP contribution in [0.15, 0.2) is 54.6 Å². The van der Waals surface area contributed by atoms with E-state index in [9.17, 15) is 13.6 Å². The summed E-state index contributed by atoms with van der Waals surface area (Å²) in [5.41, 5.74) is 2.81. The molecule has 0 aliphatic rings. The molecule has 0 aliphatic heterocycles. The van der Waals surface area contributed by atoms with Crippen LogP contribution in [-0.2, 0) is 0 Å². The van der Waals surface area contributed by atoms with Gasteiger partial charge < -0.3 is 14.8 Å². The average Bonchev–Trinajstić information content (AvgIpc) is 3.14. The van der Waals surface area contributed by atoms with Crippen molar-refractivity contribution < 1.29 is 13.6 Å². The number of halogens is 2. The minimum Gasteiger partial charge on any atom is -0.350 e. The Kier molecular flexibility index (Phi) is 8.39. The lowest BCUT2D eigenvalue weighted by Gasteiger charge is -2.19. The molecule has 0 unspecified atom stereocenters. The van der Waals surface area contributed by atoms with Crippen LogP contribution in [0.5, 0.6) is 0 Å². The van der Waals surface area contributed by atoms with Gasteiger partial charge in [-0.25, -0.2) is 8.78 Å². The molecule has 0 bridgehead atoms. The highest BCUT2D eigenvalue weighted by molar-refractivity contribution is 5.97. The number of hydrogen-bond donors (Lipinski definition) is 1. The average molecular weight is 454 g/mol. The van der Waals surface area contributed by atoms with Crippen LogP contribution in [0, 0.1) is 18.6 Å². The highest BCUT2D eigenvalue weighted by Crippen LogP contribution is 2.31. The number of benzene rings is 2. The van der Waals surface area contributed by atoms with Gasteiger partial charge in [0.2, 0.25) is 0 Å². The van der Waals surface area contributed by atoms with Crippen LogP contribution in [0.3, 0.4) is 0 Å². The van der Waals surface area contributed by atoms with Gasteiger partial charge in [-0.1, -0.05) is 44.2 Å². The third kappa shape index (κ3) is 5.88. The predicted molar refractivity (Wildman–Crippen MR) is 130 cm³/mol. The number of hydrogen-bond acceptors (Lipinski definition) is 2. The zero-order valence-corrected chi connectivity index (χ0v) is 19.9. The largest absolute Gasteiger partial charge is 0.350 e. The fraction of sp³-hybridized carbons (Fsp3) is 0.370. The first-order valence-corrected chi connectivity index (χ1v) is 11.6. The second kappa shape index (κ2) is 11.2. The SMILES string of the molecule is CCN(CC)CCC[C@@H](C)NC(=O)c1cc(-c2ccccc2)n(-c2ccc(F)cc2F)c1C. The van der Waals surface area contributed by atoms with Gasteiger partial charge in [0.15, 0.2) is 0 Å². The van der Waals surface area contributed by atoms with Crippen LogP contribution in [0.25, 0.3) is 16.9 Å². The summed E-state index contributed by atoms with van der Waals surface area (Å²) < 4.78 is 30.0. The minimum absolute atomic E-state index is 0.0125. The van der Waals surface area contributed by atoms with E-state index in [1.54, 1.807) is 17.6 Å². The van der Waals surface area contributed by atoms with Gasteiger partial charge >= 0.3 is 0 Å². The fourth-order valence-corrected chi connectivity index (χ4v) is 4.17. The van der Waals surface area contributed by atoms with Crippen molar-refractivity contribution in [3.05, 3.63) is 77.5 Å². The molecule has 33 heavy (non-hydrogen) atoms. The fourth-order valence-electron chi connectivity index (χ4n) is 4.17. The summed E-state index contributed by atoms with van der Waals surface area (Å²) in [6.45, 7) is 11.1. The Morgan fingerprint density at radius 2 is 1.76 bits per heavy atom. The monoisotopic (exact) mass is 453 g/mol. The van der Waals surface area contributed by atoms with Crippen molar-refractivity contribution in [3.63, 3.8) is 0 Å². The van der Waals surface area contributed by atoms with Crippen molar-refractivity contribution in [1.29, 1.82) is 0 Å². The lowest BCUT2D eigenvalue weighted by molar-refractivity contribution is 0.0936. The van der Waals surface area contributed by atoms with Gasteiger partial charge in [-0.15, -0.1) is 0 Å². The minimum atomic E-state index is -0.678. The van der Waals surface area contributed by atoms with E-state index in [1.807, 2.05) is 37.3 Å². The van der Waals surface area contributed by atoms with E-state index >= 15 is 0 Å². The van der Waals surface area contributed by atoms with Gasteiger partial charge in [0, 0.05) is 17.8 Å². The molecule has 1 atom stereocenters. The Morgan fingerprint density at radius 1 is 1.06 bits per heavy atom. The van der Waals surface area contributed by atoms with E-state index in [0.29, 0.717) is 17.0 Å². The number of carbonyl (C=O) groups excluding carboxylic acids is 1. The van der Waals surface area contributed by atoms with E-state index < -0.39 is 11.6 Å². The number of amides is 1. The molecule has 0 saturated heterocycles. The third-order valence-corrected chi connectivity index (χ3v) is 6.10. The van der Waals surface area contributed by atoms with Gasteiger partial charge in [0.1, 0.15) is 11.6 Å². The zero-order chi connectivity index (χ0) is 24.0. The number of carbonyl (C=O) groups is 1. The summed E-state index contributed by atoms with van der Waals surface area (Å²) in [7, 11) is 0. The Labute approximate surface area is 195 Å². The van der Waals surface area contributed by atoms with Gasteiger partial charge in [-0.05, 0) is 70.1 Å². The second-order valence-corrected chi connectivity index (χ2v) is 8.37. The van der Waals surface area contributed by atoms with E-state index in [4.69, 9.17) is 0 Å². The molecule has 1 aromatic heterocycles. The van der Waals surface area contributed by atoms with Crippen LogP contribution in [-0.4, -0.2) is 41.1 Å². The van der Waals surface area contributed by atoms with E-state index in [1.165, 1.54) is 12.1 Å². The van der Waals surface area contributed by atoms with Crippen molar-refractivity contribution in [2.75, 3.05) is 19.6 Å². The maximum atomic E-state index is 14.7. The van der Waals surface area contributed by atoms with Gasteiger partial charge in [0.25, 0.3) is 5.91 Å². The molecule has 0 aliphatic carbocycles. The summed E-state index contributed by atoms with van der Waals surface area (Å²) in [5, 5.41) is 3.09. The lowest BCUT2D eigenvalue weighted by atomic mass is 10.1. The summed E-state index contributed by atoms with van der Waals surface area (Å²) in [5.74, 6) is -1.51. The third-order valence-electron chi connectivity index (χ3n) is 6.10. The molecular formula is C27H33F2N3O. The topological polar surface area (TPSA) is 37.3 Å². The number of aromatic nitrogens is 1. The molecule has 3 rings (SSSR count). The van der Waals surface area contributed by atoms with Crippen LogP contribution >= 0.6 is 0 Å². The first kappa shape index (κ1) is 24.6.